The number of aromatic nitrogens is 1. The van der Waals surface area contributed by atoms with E-state index in [2.05, 4.69) is 4.98 Å². The number of carbonyl (C=O) groups is 1. The second kappa shape index (κ2) is 6.59. The average Bonchev–Trinajstić information content (AvgIpc) is 2.88. The number of benzene rings is 1. The first-order valence-corrected chi connectivity index (χ1v) is 7.22. The summed E-state index contributed by atoms with van der Waals surface area (Å²) >= 11 is 1.52. The molecule has 1 aromatic heterocycles. The molecule has 0 fully saturated rings. The van der Waals surface area contributed by atoms with Crippen LogP contribution in [0.15, 0.2) is 35.7 Å². The zero-order valence-electron chi connectivity index (χ0n) is 11.1. The van der Waals surface area contributed by atoms with Crippen molar-refractivity contribution >= 4 is 17.1 Å². The molecule has 0 aliphatic carbocycles. The van der Waals surface area contributed by atoms with E-state index in [9.17, 15) is 4.79 Å². The first kappa shape index (κ1) is 13.9. The third-order valence-corrected chi connectivity index (χ3v) is 3.67. The zero-order valence-corrected chi connectivity index (χ0v) is 11.9. The van der Waals surface area contributed by atoms with Gasteiger partial charge in [0, 0.05) is 17.6 Å². The number of ketones is 1. The summed E-state index contributed by atoms with van der Waals surface area (Å²) < 4.78 is 5.29. The summed E-state index contributed by atoms with van der Waals surface area (Å²) in [6.45, 7) is 4.23. The minimum Gasteiger partial charge on any atom is -0.371 e. The van der Waals surface area contributed by atoms with Crippen molar-refractivity contribution in [2.75, 3.05) is 6.61 Å². The number of carbonyl (C=O) groups excluding carboxylic acids is 1. The van der Waals surface area contributed by atoms with E-state index in [4.69, 9.17) is 4.74 Å². The molecule has 4 heteroatoms. The van der Waals surface area contributed by atoms with Crippen LogP contribution in [0.1, 0.15) is 18.9 Å². The van der Waals surface area contributed by atoms with Gasteiger partial charge >= 0.3 is 0 Å². The van der Waals surface area contributed by atoms with Crippen LogP contribution in [0.4, 0.5) is 0 Å². The Kier molecular flexibility index (Phi) is 4.82. The van der Waals surface area contributed by atoms with E-state index >= 15 is 0 Å². The van der Waals surface area contributed by atoms with Gasteiger partial charge in [-0.2, -0.15) is 0 Å². The van der Waals surface area contributed by atoms with Crippen LogP contribution < -0.4 is 0 Å². The number of nitrogens with zero attached hydrogens (tertiary/aromatic N) is 1. The van der Waals surface area contributed by atoms with Crippen LogP contribution in [0.2, 0.25) is 0 Å². The SMILES string of the molecule is CCOC(C)C(=O)Cc1nc(-c2ccccc2)cs1. The van der Waals surface area contributed by atoms with Gasteiger partial charge in [-0.3, -0.25) is 4.79 Å². The highest BCUT2D eigenvalue weighted by molar-refractivity contribution is 7.10. The van der Waals surface area contributed by atoms with Crippen molar-refractivity contribution in [2.45, 2.75) is 26.4 Å². The second-order valence-corrected chi connectivity index (χ2v) is 5.18. The summed E-state index contributed by atoms with van der Waals surface area (Å²) in [6, 6.07) is 9.98. The molecule has 0 amide bonds. The molecule has 3 nitrogen and oxygen atoms in total. The van der Waals surface area contributed by atoms with Gasteiger partial charge in [-0.15, -0.1) is 11.3 Å². The molecule has 0 aliphatic rings. The van der Waals surface area contributed by atoms with Crippen LogP contribution in [0.5, 0.6) is 0 Å². The smallest absolute Gasteiger partial charge is 0.168 e. The summed E-state index contributed by atoms with van der Waals surface area (Å²) in [5.41, 5.74) is 2.01. The summed E-state index contributed by atoms with van der Waals surface area (Å²) in [6.07, 6.45) is -0.00681. The lowest BCUT2D eigenvalue weighted by molar-refractivity contribution is -0.128. The molecule has 0 bridgehead atoms. The number of Topliss-reactive ketones (excluding diaryl/α,β-unsaturated/α-hetero) is 1. The highest BCUT2D eigenvalue weighted by atomic mass is 32.1. The maximum Gasteiger partial charge on any atom is 0.168 e. The molecule has 1 aromatic carbocycles. The summed E-state index contributed by atoms with van der Waals surface area (Å²) in [5.74, 6) is 0.0795. The summed E-state index contributed by atoms with van der Waals surface area (Å²) in [5, 5.41) is 2.83. The lowest BCUT2D eigenvalue weighted by Gasteiger charge is -2.08. The zero-order chi connectivity index (χ0) is 13.7. The van der Waals surface area contributed by atoms with E-state index in [1.165, 1.54) is 11.3 Å². The largest absolute Gasteiger partial charge is 0.371 e. The van der Waals surface area contributed by atoms with E-state index in [0.29, 0.717) is 13.0 Å². The molecule has 0 spiro atoms. The van der Waals surface area contributed by atoms with Crippen molar-refractivity contribution < 1.29 is 9.53 Å². The molecule has 1 unspecified atom stereocenters. The molecule has 19 heavy (non-hydrogen) atoms. The van der Waals surface area contributed by atoms with Crippen LogP contribution in [-0.2, 0) is 16.0 Å². The van der Waals surface area contributed by atoms with E-state index in [1.807, 2.05) is 42.6 Å². The maximum atomic E-state index is 11.9. The predicted molar refractivity (Wildman–Crippen MR) is 77.3 cm³/mol. The number of ether oxygens (including phenoxy) is 1. The minimum atomic E-state index is -0.353. The molecular formula is C15H17NO2S. The number of thiazole rings is 1. The Balaban J connectivity index is 2.04. The van der Waals surface area contributed by atoms with Gasteiger partial charge in [-0.25, -0.2) is 4.98 Å². The molecule has 100 valence electrons. The fourth-order valence-corrected chi connectivity index (χ4v) is 2.58. The Bertz CT molecular complexity index is 536. The van der Waals surface area contributed by atoms with Crippen LogP contribution in [0, 0.1) is 0 Å². The molecule has 0 aliphatic heterocycles. The molecule has 0 saturated carbocycles. The predicted octanol–water partition coefficient (Wildman–Crippen LogP) is 3.35. The highest BCUT2D eigenvalue weighted by Gasteiger charge is 2.15. The average molecular weight is 275 g/mol. The molecule has 2 rings (SSSR count). The van der Waals surface area contributed by atoms with Gasteiger partial charge in [0.2, 0.25) is 0 Å². The Labute approximate surface area is 117 Å². The summed E-state index contributed by atoms with van der Waals surface area (Å²) in [7, 11) is 0. The van der Waals surface area contributed by atoms with E-state index in [0.717, 1.165) is 16.3 Å². The van der Waals surface area contributed by atoms with Crippen molar-refractivity contribution in [1.82, 2.24) is 4.98 Å². The van der Waals surface area contributed by atoms with Crippen molar-refractivity contribution in [3.63, 3.8) is 0 Å². The molecular weight excluding hydrogens is 258 g/mol. The van der Waals surface area contributed by atoms with Crippen molar-refractivity contribution in [2.24, 2.45) is 0 Å². The van der Waals surface area contributed by atoms with Crippen LogP contribution in [-0.4, -0.2) is 23.5 Å². The number of hydrogen-bond donors (Lipinski definition) is 0. The molecule has 1 atom stereocenters. The highest BCUT2D eigenvalue weighted by Crippen LogP contribution is 2.22. The molecule has 0 saturated heterocycles. The fourth-order valence-electron chi connectivity index (χ4n) is 1.77. The fraction of sp³-hybridized carbons (Fsp3) is 0.333. The molecule has 2 aromatic rings. The normalized spacial score (nSPS) is 12.3. The van der Waals surface area contributed by atoms with E-state index in [1.54, 1.807) is 6.92 Å². The first-order valence-electron chi connectivity index (χ1n) is 6.35. The maximum absolute atomic E-state index is 11.9. The first-order chi connectivity index (χ1) is 9.20. The molecule has 1 heterocycles. The number of hydrogen-bond acceptors (Lipinski definition) is 4. The Morgan fingerprint density at radius 1 is 1.37 bits per heavy atom. The van der Waals surface area contributed by atoms with Crippen LogP contribution in [0.3, 0.4) is 0 Å². The molecule has 0 N–H and O–H groups in total. The van der Waals surface area contributed by atoms with Gasteiger partial charge in [0.05, 0.1) is 12.1 Å². The van der Waals surface area contributed by atoms with Gasteiger partial charge in [0.1, 0.15) is 11.1 Å². The molecule has 0 radical (unpaired) electrons. The topological polar surface area (TPSA) is 39.2 Å². The Hall–Kier alpha value is -1.52. The third-order valence-electron chi connectivity index (χ3n) is 2.82. The van der Waals surface area contributed by atoms with Gasteiger partial charge < -0.3 is 4.74 Å². The quantitative estimate of drug-likeness (QED) is 0.811. The minimum absolute atomic E-state index is 0.0795. The lowest BCUT2D eigenvalue weighted by Crippen LogP contribution is -2.22. The van der Waals surface area contributed by atoms with Gasteiger partial charge in [-0.1, -0.05) is 30.3 Å². The summed E-state index contributed by atoms with van der Waals surface area (Å²) in [4.78, 5) is 16.4. The van der Waals surface area contributed by atoms with Gasteiger partial charge in [0.25, 0.3) is 0 Å². The third kappa shape index (κ3) is 3.72. The van der Waals surface area contributed by atoms with Crippen LogP contribution >= 0.6 is 11.3 Å². The van der Waals surface area contributed by atoms with Crippen molar-refractivity contribution in [1.29, 1.82) is 0 Å². The van der Waals surface area contributed by atoms with Crippen molar-refractivity contribution in [3.05, 3.63) is 40.7 Å². The van der Waals surface area contributed by atoms with Gasteiger partial charge in [0.15, 0.2) is 5.78 Å². The second-order valence-electron chi connectivity index (χ2n) is 4.23. The van der Waals surface area contributed by atoms with Crippen LogP contribution in [0.25, 0.3) is 11.3 Å². The van der Waals surface area contributed by atoms with E-state index < -0.39 is 0 Å². The Morgan fingerprint density at radius 2 is 2.11 bits per heavy atom. The Morgan fingerprint density at radius 3 is 2.79 bits per heavy atom. The standard InChI is InChI=1S/C15H17NO2S/c1-3-18-11(2)14(17)9-15-16-13(10-19-15)12-7-5-4-6-8-12/h4-8,10-11H,3,9H2,1-2H3. The van der Waals surface area contributed by atoms with E-state index in [-0.39, 0.29) is 11.9 Å². The number of rotatable bonds is 6. The van der Waals surface area contributed by atoms with Crippen molar-refractivity contribution in [3.8, 4) is 11.3 Å². The lowest BCUT2D eigenvalue weighted by atomic mass is 10.2. The monoisotopic (exact) mass is 275 g/mol. The van der Waals surface area contributed by atoms with Gasteiger partial charge in [-0.05, 0) is 13.8 Å².